The van der Waals surface area contributed by atoms with Crippen LogP contribution in [0.2, 0.25) is 0 Å². The summed E-state index contributed by atoms with van der Waals surface area (Å²) in [5.74, 6) is -0.353. The van der Waals surface area contributed by atoms with Crippen molar-refractivity contribution in [2.24, 2.45) is 0 Å². The van der Waals surface area contributed by atoms with E-state index in [1.807, 2.05) is 0 Å². The van der Waals surface area contributed by atoms with Crippen molar-refractivity contribution in [3.8, 4) is 22.7 Å². The highest BCUT2D eigenvalue weighted by Crippen LogP contribution is 2.19. The van der Waals surface area contributed by atoms with Crippen LogP contribution in [0, 0.1) is 11.6 Å². The highest BCUT2D eigenvalue weighted by molar-refractivity contribution is 5.94. The van der Waals surface area contributed by atoms with Crippen molar-refractivity contribution in [2.75, 3.05) is 6.54 Å². The molecule has 2 aromatic heterocycles. The van der Waals surface area contributed by atoms with Gasteiger partial charge in [0.1, 0.15) is 11.6 Å². The SMILES string of the molecule is O=C(NCCc1nnc(-c2ccc(F)cc2)o1)c1ccc(-c2cccc(F)c2)nc1. The van der Waals surface area contributed by atoms with Crippen molar-refractivity contribution < 1.29 is 18.0 Å². The van der Waals surface area contributed by atoms with E-state index in [-0.39, 0.29) is 30.0 Å². The molecule has 1 N–H and O–H groups in total. The minimum atomic E-state index is -0.348. The number of aromatic nitrogens is 3. The van der Waals surface area contributed by atoms with Crippen molar-refractivity contribution in [3.05, 3.63) is 89.9 Å². The number of hydrogen-bond donors (Lipinski definition) is 1. The van der Waals surface area contributed by atoms with E-state index in [2.05, 4.69) is 20.5 Å². The van der Waals surface area contributed by atoms with E-state index in [9.17, 15) is 13.6 Å². The van der Waals surface area contributed by atoms with Crippen molar-refractivity contribution in [1.29, 1.82) is 0 Å². The molecule has 6 nitrogen and oxygen atoms in total. The van der Waals surface area contributed by atoms with E-state index in [4.69, 9.17) is 4.42 Å². The van der Waals surface area contributed by atoms with Gasteiger partial charge in [-0.15, -0.1) is 10.2 Å². The fraction of sp³-hybridized carbons (Fsp3) is 0.0909. The van der Waals surface area contributed by atoms with Crippen molar-refractivity contribution in [2.45, 2.75) is 6.42 Å². The molecule has 4 aromatic rings. The lowest BCUT2D eigenvalue weighted by atomic mass is 10.1. The first-order chi connectivity index (χ1) is 14.6. The van der Waals surface area contributed by atoms with Gasteiger partial charge in [0, 0.05) is 30.3 Å². The molecular weight excluding hydrogens is 390 g/mol. The zero-order chi connectivity index (χ0) is 20.9. The third kappa shape index (κ3) is 4.54. The Morgan fingerprint density at radius 1 is 0.933 bits per heavy atom. The molecule has 0 radical (unpaired) electrons. The minimum Gasteiger partial charge on any atom is -0.421 e. The second kappa shape index (κ2) is 8.60. The van der Waals surface area contributed by atoms with E-state index in [1.54, 1.807) is 36.4 Å². The summed E-state index contributed by atoms with van der Waals surface area (Å²) >= 11 is 0. The zero-order valence-electron chi connectivity index (χ0n) is 15.7. The molecule has 0 bridgehead atoms. The molecular formula is C22H16F2N4O2. The Labute approximate surface area is 170 Å². The van der Waals surface area contributed by atoms with Crippen LogP contribution in [0.25, 0.3) is 22.7 Å². The highest BCUT2D eigenvalue weighted by atomic mass is 19.1. The first kappa shape index (κ1) is 19.4. The number of benzene rings is 2. The Morgan fingerprint density at radius 2 is 1.77 bits per heavy atom. The maximum Gasteiger partial charge on any atom is 0.252 e. The lowest BCUT2D eigenvalue weighted by Crippen LogP contribution is -2.25. The van der Waals surface area contributed by atoms with E-state index in [1.165, 1.54) is 30.5 Å². The fourth-order valence-electron chi connectivity index (χ4n) is 2.80. The van der Waals surface area contributed by atoms with Crippen LogP contribution >= 0.6 is 0 Å². The van der Waals surface area contributed by atoms with Crippen LogP contribution in [-0.4, -0.2) is 27.6 Å². The summed E-state index contributed by atoms with van der Waals surface area (Å²) < 4.78 is 31.8. The van der Waals surface area contributed by atoms with Crippen LogP contribution < -0.4 is 5.32 Å². The summed E-state index contributed by atoms with van der Waals surface area (Å²) in [5, 5.41) is 10.6. The first-order valence-electron chi connectivity index (χ1n) is 9.17. The molecule has 2 aromatic carbocycles. The van der Waals surface area contributed by atoms with Gasteiger partial charge in [-0.2, -0.15) is 0 Å². The number of carbonyl (C=O) groups is 1. The number of halogens is 2. The standard InChI is InChI=1S/C22H16F2N4O2/c23-17-7-4-14(5-8-17)22-28-27-20(30-22)10-11-25-21(29)16-6-9-19(26-13-16)15-2-1-3-18(24)12-15/h1-9,12-13H,10-11H2,(H,25,29). The van der Waals surface area contributed by atoms with Crippen LogP contribution in [0.15, 0.2) is 71.3 Å². The molecule has 2 heterocycles. The van der Waals surface area contributed by atoms with Crippen LogP contribution in [0.5, 0.6) is 0 Å². The molecule has 0 aliphatic carbocycles. The Kier molecular flexibility index (Phi) is 5.56. The minimum absolute atomic E-state index is 0.286. The molecule has 4 rings (SSSR count). The molecule has 0 aliphatic heterocycles. The van der Waals surface area contributed by atoms with Gasteiger partial charge in [-0.25, -0.2) is 8.78 Å². The van der Waals surface area contributed by atoms with Crippen LogP contribution in [0.4, 0.5) is 8.78 Å². The summed E-state index contributed by atoms with van der Waals surface area (Å²) in [4.78, 5) is 16.5. The maximum atomic E-state index is 13.3. The number of pyridine rings is 1. The fourth-order valence-corrected chi connectivity index (χ4v) is 2.80. The number of carbonyl (C=O) groups excluding carboxylic acids is 1. The predicted molar refractivity (Wildman–Crippen MR) is 105 cm³/mol. The second-order valence-electron chi connectivity index (χ2n) is 6.46. The van der Waals surface area contributed by atoms with Gasteiger partial charge in [-0.05, 0) is 48.5 Å². The topological polar surface area (TPSA) is 80.9 Å². The van der Waals surface area contributed by atoms with Crippen molar-refractivity contribution >= 4 is 5.91 Å². The van der Waals surface area contributed by atoms with E-state index < -0.39 is 0 Å². The number of hydrogen-bond acceptors (Lipinski definition) is 5. The van der Waals surface area contributed by atoms with Gasteiger partial charge < -0.3 is 9.73 Å². The van der Waals surface area contributed by atoms with Gasteiger partial charge in [0.25, 0.3) is 5.91 Å². The van der Waals surface area contributed by atoms with Gasteiger partial charge in [-0.3, -0.25) is 9.78 Å². The monoisotopic (exact) mass is 406 g/mol. The third-order valence-electron chi connectivity index (χ3n) is 4.33. The number of nitrogens with one attached hydrogen (secondary N) is 1. The lowest BCUT2D eigenvalue weighted by molar-refractivity contribution is 0.0953. The average molecular weight is 406 g/mol. The summed E-state index contributed by atoms with van der Waals surface area (Å²) in [5.41, 5.74) is 2.21. The van der Waals surface area contributed by atoms with Crippen molar-refractivity contribution in [1.82, 2.24) is 20.5 Å². The first-order valence-corrected chi connectivity index (χ1v) is 9.17. The molecule has 0 aliphatic rings. The highest BCUT2D eigenvalue weighted by Gasteiger charge is 2.11. The smallest absolute Gasteiger partial charge is 0.252 e. The second-order valence-corrected chi connectivity index (χ2v) is 6.46. The van der Waals surface area contributed by atoms with Crippen LogP contribution in [0.3, 0.4) is 0 Å². The molecule has 0 atom stereocenters. The van der Waals surface area contributed by atoms with Gasteiger partial charge in [0.2, 0.25) is 11.8 Å². The van der Waals surface area contributed by atoms with Gasteiger partial charge >= 0.3 is 0 Å². The zero-order valence-corrected chi connectivity index (χ0v) is 15.7. The molecule has 0 fully saturated rings. The van der Waals surface area contributed by atoms with E-state index >= 15 is 0 Å². The lowest BCUT2D eigenvalue weighted by Gasteiger charge is -2.05. The van der Waals surface area contributed by atoms with E-state index in [0.717, 1.165) is 0 Å². The molecule has 30 heavy (non-hydrogen) atoms. The summed E-state index contributed by atoms with van der Waals surface area (Å²) in [6.07, 6.45) is 1.78. The number of nitrogens with zero attached hydrogens (tertiary/aromatic N) is 3. The maximum absolute atomic E-state index is 13.3. The molecule has 150 valence electrons. The Hall–Kier alpha value is -3.94. The molecule has 0 saturated carbocycles. The van der Waals surface area contributed by atoms with E-state index in [0.29, 0.717) is 34.7 Å². The van der Waals surface area contributed by atoms with Gasteiger partial charge in [0.15, 0.2) is 0 Å². The molecule has 0 saturated heterocycles. The Balaban J connectivity index is 1.32. The summed E-state index contributed by atoms with van der Waals surface area (Å²) in [7, 11) is 0. The molecule has 0 spiro atoms. The predicted octanol–water partition coefficient (Wildman–Crippen LogP) is 4.05. The summed E-state index contributed by atoms with van der Waals surface area (Å²) in [6, 6.07) is 15.1. The number of rotatable bonds is 6. The third-order valence-corrected chi connectivity index (χ3v) is 4.33. The van der Waals surface area contributed by atoms with Gasteiger partial charge in [-0.1, -0.05) is 12.1 Å². The Bertz CT molecular complexity index is 1160. The number of amides is 1. The van der Waals surface area contributed by atoms with Crippen molar-refractivity contribution in [3.63, 3.8) is 0 Å². The quantitative estimate of drug-likeness (QED) is 0.523. The molecule has 0 unspecified atom stereocenters. The average Bonchev–Trinajstić information content (AvgIpc) is 3.23. The molecule has 8 heteroatoms. The largest absolute Gasteiger partial charge is 0.421 e. The molecule has 1 amide bonds. The van der Waals surface area contributed by atoms with Crippen LogP contribution in [-0.2, 0) is 6.42 Å². The summed E-state index contributed by atoms with van der Waals surface area (Å²) in [6.45, 7) is 0.287. The normalized spacial score (nSPS) is 10.7. The Morgan fingerprint density at radius 3 is 2.50 bits per heavy atom. The van der Waals surface area contributed by atoms with Crippen LogP contribution in [0.1, 0.15) is 16.2 Å². The van der Waals surface area contributed by atoms with Gasteiger partial charge in [0.05, 0.1) is 11.3 Å².